The number of carboxylic acid groups (broad SMARTS) is 2. The van der Waals surface area contributed by atoms with E-state index in [0.717, 1.165) is 22.3 Å². The van der Waals surface area contributed by atoms with Crippen LogP contribution in [-0.4, -0.2) is 48.6 Å². The fourth-order valence-electron chi connectivity index (χ4n) is 3.93. The number of hydrogen-bond acceptors (Lipinski definition) is 9. The van der Waals surface area contributed by atoms with Gasteiger partial charge in [0.15, 0.2) is 12.6 Å². The number of hydrogen-bond donors (Lipinski definition) is 2. The molecule has 11 heteroatoms. The Morgan fingerprint density at radius 2 is 0.977 bits per heavy atom. The third-order valence-electron chi connectivity index (χ3n) is 6.62. The maximum atomic E-state index is 11.9. The Hall–Kier alpha value is -4.12. The second-order valence-corrected chi connectivity index (χ2v) is 11.7. The van der Waals surface area contributed by atoms with Crippen molar-refractivity contribution in [1.82, 2.24) is 0 Å². The number of benzene rings is 2. The van der Waals surface area contributed by atoms with Gasteiger partial charge in [-0.2, -0.15) is 0 Å². The highest BCUT2D eigenvalue weighted by Gasteiger charge is 2.22. The van der Waals surface area contributed by atoms with E-state index in [1.807, 2.05) is 91.8 Å². The first-order valence-electron chi connectivity index (χ1n) is 14.7. The fraction of sp³-hybridized carbons (Fsp3) is 0.515. The van der Waals surface area contributed by atoms with E-state index in [1.165, 1.54) is 6.92 Å². The SMILES string of the molecule is CC(C)c1cccc(C(C)C)c1OC(=O)OC[C@H](C)C(=O)O.CC(C)c1cccc(C(C)C)c1OC(=O)OC[C@H]([NH3+])C(=O)[O-]. The zero-order valence-electron chi connectivity index (χ0n) is 27.2. The van der Waals surface area contributed by atoms with Crippen LogP contribution in [0.3, 0.4) is 0 Å². The van der Waals surface area contributed by atoms with Crippen LogP contribution in [0.15, 0.2) is 36.4 Å². The van der Waals surface area contributed by atoms with Crippen molar-refractivity contribution in [2.75, 3.05) is 13.2 Å². The molecule has 0 unspecified atom stereocenters. The number of aliphatic carboxylic acids is 2. The summed E-state index contributed by atoms with van der Waals surface area (Å²) >= 11 is 0. The van der Waals surface area contributed by atoms with Crippen LogP contribution in [-0.2, 0) is 19.1 Å². The number of carbonyl (C=O) groups excluding carboxylic acids is 3. The van der Waals surface area contributed by atoms with Crippen LogP contribution in [0.1, 0.15) is 108 Å². The van der Waals surface area contributed by atoms with Crippen molar-refractivity contribution in [3.05, 3.63) is 58.7 Å². The van der Waals surface area contributed by atoms with Gasteiger partial charge in [-0.15, -0.1) is 0 Å². The summed E-state index contributed by atoms with van der Waals surface area (Å²) in [5, 5.41) is 19.3. The van der Waals surface area contributed by atoms with E-state index in [0.29, 0.717) is 11.5 Å². The van der Waals surface area contributed by atoms with Gasteiger partial charge in [-0.1, -0.05) is 91.8 Å². The van der Waals surface area contributed by atoms with Crippen molar-refractivity contribution < 1.29 is 54.1 Å². The predicted molar refractivity (Wildman–Crippen MR) is 162 cm³/mol. The monoisotopic (exact) mass is 617 g/mol. The largest absolute Gasteiger partial charge is 0.544 e. The van der Waals surface area contributed by atoms with Crippen LogP contribution in [0.2, 0.25) is 0 Å². The van der Waals surface area contributed by atoms with Gasteiger partial charge in [0.05, 0.1) is 5.92 Å². The van der Waals surface area contributed by atoms with E-state index in [1.54, 1.807) is 0 Å². The van der Waals surface area contributed by atoms with E-state index < -0.39 is 36.2 Å². The minimum atomic E-state index is -1.38. The Bertz CT molecular complexity index is 1120. The lowest BCUT2D eigenvalue weighted by Crippen LogP contribution is -2.70. The molecule has 44 heavy (non-hydrogen) atoms. The lowest BCUT2D eigenvalue weighted by Gasteiger charge is -2.19. The Morgan fingerprint density at radius 3 is 1.25 bits per heavy atom. The Balaban J connectivity index is 0.000000440. The summed E-state index contributed by atoms with van der Waals surface area (Å²) in [6, 6.07) is 10.4. The molecule has 0 heterocycles. The lowest BCUT2D eigenvalue weighted by molar-refractivity contribution is -0.441. The molecule has 0 aliphatic heterocycles. The quantitative estimate of drug-likeness (QED) is 0.244. The van der Waals surface area contributed by atoms with Crippen LogP contribution in [0.4, 0.5) is 9.59 Å². The maximum Gasteiger partial charge on any atom is 0.514 e. The molecule has 0 bridgehead atoms. The highest BCUT2D eigenvalue weighted by atomic mass is 16.7. The Morgan fingerprint density at radius 1 is 0.659 bits per heavy atom. The summed E-state index contributed by atoms with van der Waals surface area (Å²) < 4.78 is 20.4. The van der Waals surface area contributed by atoms with Gasteiger partial charge in [0.1, 0.15) is 24.1 Å². The van der Waals surface area contributed by atoms with Crippen LogP contribution < -0.4 is 20.3 Å². The molecule has 11 nitrogen and oxygen atoms in total. The molecule has 2 aromatic carbocycles. The highest BCUT2D eigenvalue weighted by Crippen LogP contribution is 2.36. The number of carboxylic acids is 2. The summed E-state index contributed by atoms with van der Waals surface area (Å²) in [5.74, 6) is -1.43. The molecule has 2 aromatic rings. The Labute approximate surface area is 259 Å². The molecule has 0 fully saturated rings. The minimum absolute atomic E-state index is 0.172. The fourth-order valence-corrected chi connectivity index (χ4v) is 3.93. The van der Waals surface area contributed by atoms with E-state index in [4.69, 9.17) is 24.1 Å². The topological polar surface area (TPSA) is 176 Å². The molecule has 2 rings (SSSR count). The maximum absolute atomic E-state index is 11.9. The average Bonchev–Trinajstić information content (AvgIpc) is 2.94. The molecule has 0 amide bonds. The van der Waals surface area contributed by atoms with Crippen LogP contribution in [0.25, 0.3) is 0 Å². The Kier molecular flexibility index (Phi) is 15.4. The zero-order chi connectivity index (χ0) is 33.7. The second kappa shape index (κ2) is 17.9. The third kappa shape index (κ3) is 11.9. The van der Waals surface area contributed by atoms with Gasteiger partial charge >= 0.3 is 18.3 Å². The molecule has 0 aliphatic carbocycles. The molecule has 0 aliphatic rings. The van der Waals surface area contributed by atoms with E-state index >= 15 is 0 Å². The normalized spacial score (nSPS) is 12.3. The summed E-state index contributed by atoms with van der Waals surface area (Å²) in [4.78, 5) is 44.9. The number of para-hydroxylation sites is 2. The number of ether oxygens (including phenoxy) is 4. The molecule has 0 aromatic heterocycles. The van der Waals surface area contributed by atoms with Crippen molar-refractivity contribution in [1.29, 1.82) is 0 Å². The molecule has 0 spiro atoms. The van der Waals surface area contributed by atoms with E-state index in [2.05, 4.69) is 5.73 Å². The predicted octanol–water partition coefficient (Wildman–Crippen LogP) is 4.98. The first kappa shape index (κ1) is 37.9. The summed E-state index contributed by atoms with van der Waals surface area (Å²) in [7, 11) is 0. The highest BCUT2D eigenvalue weighted by molar-refractivity contribution is 5.71. The summed E-state index contributed by atoms with van der Waals surface area (Å²) in [6.45, 7) is 16.9. The average molecular weight is 618 g/mol. The van der Waals surface area contributed by atoms with Gasteiger partial charge in [0.2, 0.25) is 0 Å². The number of carbonyl (C=O) groups is 4. The van der Waals surface area contributed by atoms with Crippen molar-refractivity contribution in [2.24, 2.45) is 5.92 Å². The molecule has 0 saturated carbocycles. The van der Waals surface area contributed by atoms with Gasteiger partial charge in [-0.25, -0.2) is 9.59 Å². The van der Waals surface area contributed by atoms with Crippen LogP contribution in [0, 0.1) is 5.92 Å². The zero-order valence-corrected chi connectivity index (χ0v) is 27.2. The second-order valence-electron chi connectivity index (χ2n) is 11.7. The summed E-state index contributed by atoms with van der Waals surface area (Å²) in [5.41, 5.74) is 6.96. The van der Waals surface area contributed by atoms with Crippen LogP contribution in [0.5, 0.6) is 11.5 Å². The molecule has 0 radical (unpaired) electrons. The van der Waals surface area contributed by atoms with Gasteiger partial charge in [-0.05, 0) is 52.8 Å². The molecule has 4 N–H and O–H groups in total. The molecular weight excluding hydrogens is 570 g/mol. The van der Waals surface area contributed by atoms with Crippen molar-refractivity contribution in [3.8, 4) is 11.5 Å². The van der Waals surface area contributed by atoms with Gasteiger partial charge in [0.25, 0.3) is 0 Å². The number of quaternary nitrogens is 1. The smallest absolute Gasteiger partial charge is 0.514 e. The first-order chi connectivity index (χ1) is 20.5. The molecule has 0 saturated heterocycles. The molecule has 244 valence electrons. The standard InChI is InChI=1S/C17H24O5.C16H23NO5/c1-10(2)13-7-6-8-14(11(3)4)15(13)22-17(20)21-9-12(5)16(18)19;1-9(2)11-6-5-7-12(10(3)4)14(11)22-16(20)21-8-13(17)15(18)19/h6-8,10-12H,9H2,1-5H3,(H,18,19);5-7,9-10,13H,8,17H2,1-4H3,(H,18,19)/t12-;13-/m00/s1. The number of rotatable bonds is 12. The molecular formula is C33H47NO10. The van der Waals surface area contributed by atoms with E-state index in [9.17, 15) is 24.3 Å². The van der Waals surface area contributed by atoms with Crippen molar-refractivity contribution in [3.63, 3.8) is 0 Å². The lowest BCUT2D eigenvalue weighted by atomic mass is 9.94. The minimum Gasteiger partial charge on any atom is -0.544 e. The van der Waals surface area contributed by atoms with Crippen LogP contribution >= 0.6 is 0 Å². The van der Waals surface area contributed by atoms with Gasteiger partial charge < -0.3 is 39.7 Å². The van der Waals surface area contributed by atoms with Crippen molar-refractivity contribution in [2.45, 2.75) is 92.0 Å². The van der Waals surface area contributed by atoms with E-state index in [-0.39, 0.29) is 36.9 Å². The summed E-state index contributed by atoms with van der Waals surface area (Å²) in [6.07, 6.45) is -1.81. The molecule has 2 atom stereocenters. The third-order valence-corrected chi connectivity index (χ3v) is 6.62. The van der Waals surface area contributed by atoms with Gasteiger partial charge in [-0.3, -0.25) is 4.79 Å². The van der Waals surface area contributed by atoms with Crippen molar-refractivity contribution >= 4 is 24.2 Å². The first-order valence-corrected chi connectivity index (χ1v) is 14.7. The van der Waals surface area contributed by atoms with Gasteiger partial charge in [0, 0.05) is 0 Å².